The van der Waals surface area contributed by atoms with Gasteiger partial charge in [0.25, 0.3) is 0 Å². The molecule has 3 fully saturated rings. The maximum Gasteiger partial charge on any atom is 0.217 e. The number of sulfonamides is 1. The van der Waals surface area contributed by atoms with Crippen LogP contribution in [0.2, 0.25) is 0 Å². The Hall–Kier alpha value is -0.130. The van der Waals surface area contributed by atoms with Gasteiger partial charge < -0.3 is 0 Å². The van der Waals surface area contributed by atoms with Crippen LogP contribution in [0.1, 0.15) is 44.9 Å². The fraction of sp³-hybridized carbons (Fsp3) is 1.00. The highest BCUT2D eigenvalue weighted by atomic mass is 32.2. The molecule has 0 aromatic heterocycles. The van der Waals surface area contributed by atoms with Gasteiger partial charge in [0.15, 0.2) is 0 Å². The molecule has 104 valence electrons. The fourth-order valence-electron chi connectivity index (χ4n) is 3.77. The molecule has 1 atom stereocenters. The van der Waals surface area contributed by atoms with E-state index in [0.29, 0.717) is 6.04 Å². The molecule has 4 nitrogen and oxygen atoms in total. The predicted molar refractivity (Wildman–Crippen MR) is 72.0 cm³/mol. The molecule has 18 heavy (non-hydrogen) atoms. The first-order valence-electron chi connectivity index (χ1n) is 7.41. The van der Waals surface area contributed by atoms with Crippen LogP contribution in [0.4, 0.5) is 0 Å². The second-order valence-corrected chi connectivity index (χ2v) is 8.21. The summed E-state index contributed by atoms with van der Waals surface area (Å²) < 4.78 is 27.1. The normalized spacial score (nSPS) is 32.6. The topological polar surface area (TPSA) is 40.6 Å². The van der Waals surface area contributed by atoms with Crippen LogP contribution < -0.4 is 0 Å². The third-order valence-corrected chi connectivity index (χ3v) is 7.25. The van der Waals surface area contributed by atoms with Crippen LogP contribution in [-0.2, 0) is 10.0 Å². The van der Waals surface area contributed by atoms with Crippen molar-refractivity contribution in [2.24, 2.45) is 0 Å². The zero-order valence-electron chi connectivity index (χ0n) is 11.1. The first kappa shape index (κ1) is 12.9. The minimum Gasteiger partial charge on any atom is -0.298 e. The summed E-state index contributed by atoms with van der Waals surface area (Å²) in [6, 6.07) is 0.497. The van der Waals surface area contributed by atoms with Gasteiger partial charge in [0.2, 0.25) is 10.0 Å². The van der Waals surface area contributed by atoms with Gasteiger partial charge in [-0.25, -0.2) is 8.42 Å². The van der Waals surface area contributed by atoms with Gasteiger partial charge in [-0.15, -0.1) is 0 Å². The van der Waals surface area contributed by atoms with E-state index in [2.05, 4.69) is 4.90 Å². The number of fused-ring (bicyclic) bond motifs is 1. The second-order valence-electron chi connectivity index (χ2n) is 5.99. The molecule has 0 radical (unpaired) electrons. The highest BCUT2D eigenvalue weighted by Gasteiger charge is 2.39. The Morgan fingerprint density at radius 3 is 2.39 bits per heavy atom. The Bertz CT molecular complexity index is 390. The summed E-state index contributed by atoms with van der Waals surface area (Å²) in [5.74, 6) is 0. The van der Waals surface area contributed by atoms with Crippen molar-refractivity contribution in [1.29, 1.82) is 0 Å². The summed E-state index contributed by atoms with van der Waals surface area (Å²) in [5, 5.41) is -0.0841. The van der Waals surface area contributed by atoms with Crippen LogP contribution in [0.5, 0.6) is 0 Å². The minimum absolute atomic E-state index is 0.0841. The molecule has 3 rings (SSSR count). The van der Waals surface area contributed by atoms with Crippen molar-refractivity contribution in [2.45, 2.75) is 56.2 Å². The highest BCUT2D eigenvalue weighted by molar-refractivity contribution is 7.89. The van der Waals surface area contributed by atoms with Gasteiger partial charge in [0.1, 0.15) is 0 Å². The molecular weight excluding hydrogens is 248 g/mol. The van der Waals surface area contributed by atoms with Gasteiger partial charge in [-0.05, 0) is 32.2 Å². The lowest BCUT2D eigenvalue weighted by Gasteiger charge is -2.38. The molecule has 0 aromatic rings. The van der Waals surface area contributed by atoms with Crippen molar-refractivity contribution in [2.75, 3.05) is 26.2 Å². The average molecular weight is 272 g/mol. The Morgan fingerprint density at radius 2 is 1.61 bits per heavy atom. The Kier molecular flexibility index (Phi) is 3.65. The fourth-order valence-corrected chi connectivity index (χ4v) is 5.83. The summed E-state index contributed by atoms with van der Waals surface area (Å²) in [5.41, 5.74) is 0. The van der Waals surface area contributed by atoms with E-state index in [1.54, 1.807) is 4.31 Å². The van der Waals surface area contributed by atoms with Crippen LogP contribution in [0.3, 0.4) is 0 Å². The average Bonchev–Trinajstić information content (AvgIpc) is 2.87. The first-order chi connectivity index (χ1) is 8.68. The third kappa shape index (κ3) is 2.32. The largest absolute Gasteiger partial charge is 0.298 e. The maximum atomic E-state index is 12.6. The standard InChI is InChI=1S/C13H24N2O2S/c16-18(17,13-6-2-1-3-7-13)15-10-9-14-8-4-5-12(14)11-15/h12-13H,1-11H2/t12-/m0/s1. The molecule has 2 aliphatic heterocycles. The van der Waals surface area contributed by atoms with Crippen LogP contribution in [0.15, 0.2) is 0 Å². The molecule has 0 N–H and O–H groups in total. The first-order valence-corrected chi connectivity index (χ1v) is 8.91. The van der Waals surface area contributed by atoms with E-state index in [-0.39, 0.29) is 5.25 Å². The number of rotatable bonds is 2. The lowest BCUT2D eigenvalue weighted by atomic mass is 10.0. The maximum absolute atomic E-state index is 12.6. The predicted octanol–water partition coefficient (Wildman–Crippen LogP) is 1.43. The SMILES string of the molecule is O=S(=O)(C1CCCCC1)N1CCN2CCC[C@H]2C1. The van der Waals surface area contributed by atoms with Gasteiger partial charge >= 0.3 is 0 Å². The van der Waals surface area contributed by atoms with Crippen molar-refractivity contribution < 1.29 is 8.42 Å². The second kappa shape index (κ2) is 5.10. The van der Waals surface area contributed by atoms with Crippen molar-refractivity contribution in [3.8, 4) is 0 Å². The van der Waals surface area contributed by atoms with Gasteiger partial charge in [0.05, 0.1) is 5.25 Å². The summed E-state index contributed by atoms with van der Waals surface area (Å²) in [4.78, 5) is 2.47. The minimum atomic E-state index is -3.02. The number of piperazine rings is 1. The molecule has 0 aromatic carbocycles. The lowest BCUT2D eigenvalue weighted by molar-refractivity contribution is 0.157. The molecule has 0 amide bonds. The number of nitrogens with zero attached hydrogens (tertiary/aromatic N) is 2. The number of hydrogen-bond acceptors (Lipinski definition) is 3. The van der Waals surface area contributed by atoms with Crippen molar-refractivity contribution in [3.63, 3.8) is 0 Å². The van der Waals surface area contributed by atoms with Gasteiger partial charge in [-0.1, -0.05) is 19.3 Å². The highest BCUT2D eigenvalue weighted by Crippen LogP contribution is 2.29. The van der Waals surface area contributed by atoms with Gasteiger partial charge in [-0.2, -0.15) is 4.31 Å². The van der Waals surface area contributed by atoms with Gasteiger partial charge in [0, 0.05) is 25.7 Å². The molecule has 0 unspecified atom stereocenters. The number of hydrogen-bond donors (Lipinski definition) is 0. The quantitative estimate of drug-likeness (QED) is 0.763. The van der Waals surface area contributed by atoms with Crippen molar-refractivity contribution >= 4 is 10.0 Å². The van der Waals surface area contributed by atoms with Crippen LogP contribution in [0.25, 0.3) is 0 Å². The Morgan fingerprint density at radius 1 is 0.833 bits per heavy atom. The van der Waals surface area contributed by atoms with E-state index in [9.17, 15) is 8.42 Å². The van der Waals surface area contributed by atoms with E-state index in [1.807, 2.05) is 0 Å². The smallest absolute Gasteiger partial charge is 0.217 e. The Labute approximate surface area is 110 Å². The summed E-state index contributed by atoms with van der Waals surface area (Å²) in [7, 11) is -3.02. The van der Waals surface area contributed by atoms with Crippen molar-refractivity contribution in [1.82, 2.24) is 9.21 Å². The molecule has 2 saturated heterocycles. The molecule has 0 bridgehead atoms. The third-order valence-electron chi connectivity index (χ3n) is 4.88. The zero-order chi connectivity index (χ0) is 12.6. The lowest BCUT2D eigenvalue weighted by Crippen LogP contribution is -2.54. The van der Waals surface area contributed by atoms with E-state index in [4.69, 9.17) is 0 Å². The molecule has 0 spiro atoms. The van der Waals surface area contributed by atoms with Crippen LogP contribution in [0, 0.1) is 0 Å². The van der Waals surface area contributed by atoms with E-state index < -0.39 is 10.0 Å². The van der Waals surface area contributed by atoms with Gasteiger partial charge in [-0.3, -0.25) is 4.90 Å². The van der Waals surface area contributed by atoms with E-state index in [0.717, 1.165) is 45.3 Å². The van der Waals surface area contributed by atoms with E-state index in [1.165, 1.54) is 25.8 Å². The summed E-state index contributed by atoms with van der Waals surface area (Å²) >= 11 is 0. The van der Waals surface area contributed by atoms with Crippen LogP contribution in [-0.4, -0.2) is 55.1 Å². The Balaban J connectivity index is 1.69. The molecule has 2 heterocycles. The zero-order valence-corrected chi connectivity index (χ0v) is 11.9. The molecule has 1 aliphatic carbocycles. The molecule has 3 aliphatic rings. The summed E-state index contributed by atoms with van der Waals surface area (Å²) in [6.07, 6.45) is 7.57. The molecule has 1 saturated carbocycles. The van der Waals surface area contributed by atoms with Crippen molar-refractivity contribution in [3.05, 3.63) is 0 Å². The molecular formula is C13H24N2O2S. The van der Waals surface area contributed by atoms with Crippen LogP contribution >= 0.6 is 0 Å². The monoisotopic (exact) mass is 272 g/mol. The summed E-state index contributed by atoms with van der Waals surface area (Å²) in [6.45, 7) is 3.58. The van der Waals surface area contributed by atoms with E-state index >= 15 is 0 Å². The molecule has 5 heteroatoms.